The van der Waals surface area contributed by atoms with E-state index in [9.17, 15) is 9.59 Å². The molecule has 26 heavy (non-hydrogen) atoms. The molecule has 1 atom stereocenters. The maximum absolute atomic E-state index is 12.1. The molecule has 3 rings (SSSR count). The Labute approximate surface area is 152 Å². The van der Waals surface area contributed by atoms with Crippen LogP contribution in [0.3, 0.4) is 0 Å². The molecular formula is C17H24N6O3. The zero-order valence-electron chi connectivity index (χ0n) is 15.6. The quantitative estimate of drug-likeness (QED) is 0.721. The molecule has 1 fully saturated rings. The van der Waals surface area contributed by atoms with Crippen molar-refractivity contribution in [2.45, 2.75) is 39.7 Å². The van der Waals surface area contributed by atoms with Crippen molar-refractivity contribution in [3.8, 4) is 0 Å². The first-order valence-corrected chi connectivity index (χ1v) is 8.75. The number of anilines is 1. The predicted octanol–water partition coefficient (Wildman–Crippen LogP) is 0.595. The third-order valence-electron chi connectivity index (χ3n) is 4.84. The third kappa shape index (κ3) is 3.33. The normalized spacial score (nSPS) is 16.9. The molecule has 2 aromatic heterocycles. The molecule has 0 radical (unpaired) electrons. The molecular weight excluding hydrogens is 336 g/mol. The molecule has 0 bridgehead atoms. The van der Waals surface area contributed by atoms with Crippen LogP contribution in [0.15, 0.2) is 6.33 Å². The van der Waals surface area contributed by atoms with E-state index in [1.165, 1.54) is 6.33 Å². The van der Waals surface area contributed by atoms with Gasteiger partial charge < -0.3 is 14.5 Å². The lowest BCUT2D eigenvalue weighted by atomic mass is 10.1. The van der Waals surface area contributed by atoms with Crippen LogP contribution < -0.4 is 4.90 Å². The summed E-state index contributed by atoms with van der Waals surface area (Å²) >= 11 is 0. The van der Waals surface area contributed by atoms with Gasteiger partial charge in [0.05, 0.1) is 19.1 Å². The number of aryl methyl sites for hydroxylation is 1. The summed E-state index contributed by atoms with van der Waals surface area (Å²) in [6, 6.07) is 0.120. The SMILES string of the molecule is CCOC(=O)Cc1c(C)nc2ncnn2c1N1CCC(N(C)C(C)=O)C1. The molecule has 0 aromatic carbocycles. The van der Waals surface area contributed by atoms with Crippen LogP contribution in [0.25, 0.3) is 5.78 Å². The summed E-state index contributed by atoms with van der Waals surface area (Å²) in [6.07, 6.45) is 2.43. The highest BCUT2D eigenvalue weighted by molar-refractivity contribution is 5.76. The molecule has 2 aromatic rings. The van der Waals surface area contributed by atoms with Crippen molar-refractivity contribution in [1.82, 2.24) is 24.5 Å². The molecule has 0 saturated carbocycles. The fraction of sp³-hybridized carbons (Fsp3) is 0.588. The van der Waals surface area contributed by atoms with Gasteiger partial charge in [-0.3, -0.25) is 9.59 Å². The summed E-state index contributed by atoms with van der Waals surface area (Å²) in [4.78, 5) is 36.3. The maximum Gasteiger partial charge on any atom is 0.310 e. The Morgan fingerprint density at radius 1 is 1.42 bits per heavy atom. The van der Waals surface area contributed by atoms with Crippen molar-refractivity contribution >= 4 is 23.5 Å². The Balaban J connectivity index is 1.99. The van der Waals surface area contributed by atoms with E-state index in [0.29, 0.717) is 18.9 Å². The summed E-state index contributed by atoms with van der Waals surface area (Å²) in [5, 5.41) is 4.29. The van der Waals surface area contributed by atoms with Gasteiger partial charge >= 0.3 is 5.97 Å². The Kier molecular flexibility index (Phi) is 5.06. The van der Waals surface area contributed by atoms with Gasteiger partial charge in [-0.1, -0.05) is 0 Å². The monoisotopic (exact) mass is 360 g/mol. The standard InChI is InChI=1S/C17H24N6O3/c1-5-26-15(25)8-14-11(2)20-17-18-10-19-23(17)16(14)22-7-6-13(9-22)21(4)12(3)24/h10,13H,5-9H2,1-4H3. The molecule has 0 aliphatic carbocycles. The van der Waals surface area contributed by atoms with Gasteiger partial charge in [-0.05, 0) is 20.3 Å². The van der Waals surface area contributed by atoms with Crippen LogP contribution in [0, 0.1) is 6.92 Å². The first-order chi connectivity index (χ1) is 12.4. The number of amides is 1. The Morgan fingerprint density at radius 3 is 2.88 bits per heavy atom. The lowest BCUT2D eigenvalue weighted by molar-refractivity contribution is -0.142. The van der Waals surface area contributed by atoms with E-state index in [4.69, 9.17) is 4.74 Å². The molecule has 3 heterocycles. The van der Waals surface area contributed by atoms with Gasteiger partial charge in [0.25, 0.3) is 5.78 Å². The molecule has 140 valence electrons. The number of carbonyl (C=O) groups excluding carboxylic acids is 2. The summed E-state index contributed by atoms with van der Waals surface area (Å²) < 4.78 is 6.78. The molecule has 1 aliphatic rings. The molecule has 9 nitrogen and oxygen atoms in total. The molecule has 0 spiro atoms. The van der Waals surface area contributed by atoms with Crippen molar-refractivity contribution in [3.63, 3.8) is 0 Å². The number of nitrogens with zero attached hydrogens (tertiary/aromatic N) is 6. The van der Waals surface area contributed by atoms with Crippen molar-refractivity contribution in [2.24, 2.45) is 0 Å². The smallest absolute Gasteiger partial charge is 0.310 e. The van der Waals surface area contributed by atoms with Crippen LogP contribution in [0.1, 0.15) is 31.5 Å². The molecule has 1 unspecified atom stereocenters. The predicted molar refractivity (Wildman–Crippen MR) is 94.9 cm³/mol. The number of esters is 1. The van der Waals surface area contributed by atoms with Crippen LogP contribution in [0.2, 0.25) is 0 Å². The van der Waals surface area contributed by atoms with E-state index >= 15 is 0 Å². The molecule has 1 aliphatic heterocycles. The number of likely N-dealkylation sites (N-methyl/N-ethyl adjacent to an activating group) is 1. The minimum Gasteiger partial charge on any atom is -0.466 e. The number of hydrogen-bond acceptors (Lipinski definition) is 7. The van der Waals surface area contributed by atoms with Crippen LogP contribution in [-0.2, 0) is 20.7 Å². The second-order valence-electron chi connectivity index (χ2n) is 6.47. The van der Waals surface area contributed by atoms with E-state index in [2.05, 4.69) is 20.0 Å². The fourth-order valence-corrected chi connectivity index (χ4v) is 3.36. The number of hydrogen-bond donors (Lipinski definition) is 0. The van der Waals surface area contributed by atoms with Gasteiger partial charge in [-0.15, -0.1) is 0 Å². The van der Waals surface area contributed by atoms with Gasteiger partial charge in [0.1, 0.15) is 12.1 Å². The van der Waals surface area contributed by atoms with E-state index in [1.54, 1.807) is 23.3 Å². The Hall–Kier alpha value is -2.71. The van der Waals surface area contributed by atoms with Crippen molar-refractivity contribution < 1.29 is 14.3 Å². The number of fused-ring (bicyclic) bond motifs is 1. The second-order valence-corrected chi connectivity index (χ2v) is 6.47. The molecule has 1 amide bonds. The first kappa shape index (κ1) is 18.1. The summed E-state index contributed by atoms with van der Waals surface area (Å²) in [5.41, 5.74) is 1.52. The topological polar surface area (TPSA) is 92.9 Å². The molecule has 0 N–H and O–H groups in total. The third-order valence-corrected chi connectivity index (χ3v) is 4.84. The van der Waals surface area contributed by atoms with Crippen LogP contribution >= 0.6 is 0 Å². The van der Waals surface area contributed by atoms with Crippen molar-refractivity contribution in [1.29, 1.82) is 0 Å². The van der Waals surface area contributed by atoms with E-state index in [1.807, 2.05) is 14.0 Å². The van der Waals surface area contributed by atoms with Crippen molar-refractivity contribution in [3.05, 3.63) is 17.6 Å². The maximum atomic E-state index is 12.1. The minimum atomic E-state index is -0.297. The molecule has 9 heteroatoms. The average molecular weight is 360 g/mol. The number of ether oxygens (including phenoxy) is 1. The highest BCUT2D eigenvalue weighted by Gasteiger charge is 2.31. The van der Waals surface area contributed by atoms with Crippen molar-refractivity contribution in [2.75, 3.05) is 31.6 Å². The van der Waals surface area contributed by atoms with E-state index in [-0.39, 0.29) is 24.3 Å². The van der Waals surface area contributed by atoms with Crippen LogP contribution in [0.4, 0.5) is 5.82 Å². The summed E-state index contributed by atoms with van der Waals surface area (Å²) in [7, 11) is 1.82. The number of carbonyl (C=O) groups is 2. The van der Waals surface area contributed by atoms with Crippen LogP contribution in [0.5, 0.6) is 0 Å². The summed E-state index contributed by atoms with van der Waals surface area (Å²) in [6.45, 7) is 6.98. The van der Waals surface area contributed by atoms with Gasteiger partial charge in [0.15, 0.2) is 0 Å². The fourth-order valence-electron chi connectivity index (χ4n) is 3.36. The largest absolute Gasteiger partial charge is 0.466 e. The Bertz CT molecular complexity index is 833. The van der Waals surface area contributed by atoms with E-state index in [0.717, 1.165) is 30.0 Å². The molecule has 1 saturated heterocycles. The highest BCUT2D eigenvalue weighted by Crippen LogP contribution is 2.28. The van der Waals surface area contributed by atoms with Gasteiger partial charge in [-0.25, -0.2) is 4.98 Å². The first-order valence-electron chi connectivity index (χ1n) is 8.75. The van der Waals surface area contributed by atoms with E-state index < -0.39 is 0 Å². The summed E-state index contributed by atoms with van der Waals surface area (Å²) in [5.74, 6) is 1.04. The van der Waals surface area contributed by atoms with Gasteiger partial charge in [0, 0.05) is 38.3 Å². The average Bonchev–Trinajstić information content (AvgIpc) is 3.24. The lowest BCUT2D eigenvalue weighted by Gasteiger charge is -2.26. The Morgan fingerprint density at radius 2 is 2.19 bits per heavy atom. The highest BCUT2D eigenvalue weighted by atomic mass is 16.5. The number of rotatable bonds is 5. The van der Waals surface area contributed by atoms with Gasteiger partial charge in [-0.2, -0.15) is 14.6 Å². The lowest BCUT2D eigenvalue weighted by Crippen LogP contribution is -2.38. The zero-order chi connectivity index (χ0) is 18.8. The van der Waals surface area contributed by atoms with Crippen LogP contribution in [-0.4, -0.2) is 69.1 Å². The second kappa shape index (κ2) is 7.27. The van der Waals surface area contributed by atoms with Gasteiger partial charge in [0.2, 0.25) is 5.91 Å². The zero-order valence-corrected chi connectivity index (χ0v) is 15.6. The minimum absolute atomic E-state index is 0.0420. The number of aromatic nitrogens is 4.